The summed E-state index contributed by atoms with van der Waals surface area (Å²) in [6, 6.07) is 1.91. The van der Waals surface area contributed by atoms with Gasteiger partial charge < -0.3 is 14.6 Å². The summed E-state index contributed by atoms with van der Waals surface area (Å²) < 4.78 is 7.14. The molecule has 2 amide bonds. The molecule has 1 fully saturated rings. The maximum Gasteiger partial charge on any atom is 0.257 e. The maximum absolute atomic E-state index is 12.7. The molecular weight excluding hydrogens is 360 g/mol. The van der Waals surface area contributed by atoms with E-state index in [2.05, 4.69) is 27.0 Å². The third kappa shape index (κ3) is 3.04. The van der Waals surface area contributed by atoms with Crippen molar-refractivity contribution < 1.29 is 14.0 Å². The fourth-order valence-corrected chi connectivity index (χ4v) is 3.39. The van der Waals surface area contributed by atoms with Crippen LogP contribution in [0.4, 0.5) is 0 Å². The van der Waals surface area contributed by atoms with Gasteiger partial charge in [0.15, 0.2) is 12.0 Å². The van der Waals surface area contributed by atoms with Crippen LogP contribution in [0.15, 0.2) is 35.7 Å². The highest BCUT2D eigenvalue weighted by Gasteiger charge is 2.34. The number of rotatable bonds is 5. The van der Waals surface area contributed by atoms with E-state index in [1.807, 2.05) is 19.9 Å². The Morgan fingerprint density at radius 2 is 2.18 bits per heavy atom. The lowest BCUT2D eigenvalue weighted by molar-refractivity contribution is -0.130. The number of hydrogen-bond acceptors (Lipinski definition) is 6. The van der Waals surface area contributed by atoms with Crippen LogP contribution in [0.1, 0.15) is 39.1 Å². The first-order valence-corrected chi connectivity index (χ1v) is 8.91. The average Bonchev–Trinajstić information content (AvgIpc) is 3.25. The van der Waals surface area contributed by atoms with Crippen molar-refractivity contribution in [2.24, 2.45) is 0 Å². The lowest BCUT2D eigenvalue weighted by atomic mass is 9.95. The van der Waals surface area contributed by atoms with E-state index in [9.17, 15) is 9.59 Å². The molecule has 1 aliphatic rings. The first kappa shape index (κ1) is 17.9. The van der Waals surface area contributed by atoms with Gasteiger partial charge >= 0.3 is 0 Å². The fraction of sp³-hybridized carbons (Fsp3) is 0.316. The van der Waals surface area contributed by atoms with Crippen molar-refractivity contribution in [2.45, 2.75) is 26.3 Å². The number of amides is 2. The van der Waals surface area contributed by atoms with Crippen molar-refractivity contribution in [1.82, 2.24) is 29.8 Å². The van der Waals surface area contributed by atoms with Gasteiger partial charge in [0.05, 0.1) is 18.7 Å². The third-order valence-electron chi connectivity index (χ3n) is 4.85. The van der Waals surface area contributed by atoms with E-state index < -0.39 is 0 Å². The molecule has 0 bridgehead atoms. The summed E-state index contributed by atoms with van der Waals surface area (Å²) in [4.78, 5) is 34.6. The van der Waals surface area contributed by atoms with Gasteiger partial charge in [-0.3, -0.25) is 9.59 Å². The molecule has 0 spiro atoms. The smallest absolute Gasteiger partial charge is 0.257 e. The number of aryl methyl sites for hydroxylation is 2. The minimum atomic E-state index is -0.279. The van der Waals surface area contributed by atoms with E-state index in [4.69, 9.17) is 4.42 Å². The number of aromatic nitrogens is 4. The van der Waals surface area contributed by atoms with Gasteiger partial charge in [-0.25, -0.2) is 14.5 Å². The fourth-order valence-electron chi connectivity index (χ4n) is 3.39. The predicted octanol–water partition coefficient (Wildman–Crippen LogP) is 1.38. The monoisotopic (exact) mass is 380 g/mol. The van der Waals surface area contributed by atoms with Gasteiger partial charge in [-0.2, -0.15) is 5.10 Å². The second kappa shape index (κ2) is 6.91. The Morgan fingerprint density at radius 3 is 2.93 bits per heavy atom. The van der Waals surface area contributed by atoms with Gasteiger partial charge in [0.1, 0.15) is 17.0 Å². The normalized spacial score (nSPS) is 14.1. The van der Waals surface area contributed by atoms with Crippen molar-refractivity contribution in [1.29, 1.82) is 0 Å². The average molecular weight is 380 g/mol. The zero-order chi connectivity index (χ0) is 19.8. The Balaban J connectivity index is 1.45. The van der Waals surface area contributed by atoms with Gasteiger partial charge in [0.25, 0.3) is 5.91 Å². The summed E-state index contributed by atoms with van der Waals surface area (Å²) in [6.45, 7) is 8.61. The van der Waals surface area contributed by atoms with Crippen LogP contribution in [0.25, 0.3) is 5.65 Å². The van der Waals surface area contributed by atoms with Gasteiger partial charge in [-0.1, -0.05) is 6.58 Å². The summed E-state index contributed by atoms with van der Waals surface area (Å²) in [5.74, 6) is 0.385. The number of oxazole rings is 1. The van der Waals surface area contributed by atoms with Gasteiger partial charge in [-0.05, 0) is 26.0 Å². The van der Waals surface area contributed by atoms with Crippen LogP contribution < -0.4 is 5.32 Å². The number of likely N-dealkylation sites (tertiary alicyclic amines) is 1. The molecule has 4 rings (SSSR count). The summed E-state index contributed by atoms with van der Waals surface area (Å²) in [5.41, 5.74) is 3.31. The minimum Gasteiger partial charge on any atom is -0.448 e. The van der Waals surface area contributed by atoms with Gasteiger partial charge in [0, 0.05) is 24.5 Å². The van der Waals surface area contributed by atoms with E-state index in [1.165, 1.54) is 18.7 Å². The van der Waals surface area contributed by atoms with Crippen LogP contribution in [0.2, 0.25) is 0 Å². The van der Waals surface area contributed by atoms with Crippen molar-refractivity contribution in [3.8, 4) is 0 Å². The largest absolute Gasteiger partial charge is 0.448 e. The summed E-state index contributed by atoms with van der Waals surface area (Å²) in [7, 11) is 0. The summed E-state index contributed by atoms with van der Waals surface area (Å²) in [6.07, 6.45) is 4.17. The molecule has 28 heavy (non-hydrogen) atoms. The Morgan fingerprint density at radius 1 is 1.39 bits per heavy atom. The van der Waals surface area contributed by atoms with E-state index in [0.29, 0.717) is 35.8 Å². The molecule has 0 aliphatic carbocycles. The molecule has 9 nitrogen and oxygen atoms in total. The Bertz CT molecular complexity index is 1080. The number of fused-ring (bicyclic) bond motifs is 1. The standard InChI is InChI=1S/C19H20N6O3/c1-4-16(26)24-8-13(9-24)17-15(21-10-28-17)7-20-19(27)14-6-22-25-12(3)5-11(2)23-18(14)25/h4-6,10,13H,1,7-9H2,2-3H3,(H,20,27). The number of hydrogen-bond donors (Lipinski definition) is 1. The molecule has 0 atom stereocenters. The Kier molecular flexibility index (Phi) is 4.42. The number of carbonyl (C=O) groups is 2. The second-order valence-electron chi connectivity index (χ2n) is 6.82. The minimum absolute atomic E-state index is 0.0715. The quantitative estimate of drug-likeness (QED) is 0.670. The molecule has 0 unspecified atom stereocenters. The van der Waals surface area contributed by atoms with Crippen molar-refractivity contribution >= 4 is 17.5 Å². The van der Waals surface area contributed by atoms with Crippen LogP contribution in [0, 0.1) is 13.8 Å². The van der Waals surface area contributed by atoms with Crippen LogP contribution in [-0.2, 0) is 11.3 Å². The first-order chi connectivity index (χ1) is 13.5. The molecular formula is C19H20N6O3. The zero-order valence-electron chi connectivity index (χ0n) is 15.7. The topological polar surface area (TPSA) is 106 Å². The van der Waals surface area contributed by atoms with Gasteiger partial charge in [0.2, 0.25) is 5.91 Å². The highest BCUT2D eigenvalue weighted by atomic mass is 16.3. The molecule has 1 aliphatic heterocycles. The lowest BCUT2D eigenvalue weighted by Gasteiger charge is -2.37. The summed E-state index contributed by atoms with van der Waals surface area (Å²) in [5, 5.41) is 7.10. The molecule has 3 aromatic rings. The molecule has 0 radical (unpaired) electrons. The SMILES string of the molecule is C=CC(=O)N1CC(c2ocnc2CNC(=O)c2cnn3c(C)cc(C)nc23)C1. The molecule has 1 N–H and O–H groups in total. The molecule has 1 saturated heterocycles. The van der Waals surface area contributed by atoms with Crippen LogP contribution in [0.3, 0.4) is 0 Å². The molecule has 4 heterocycles. The van der Waals surface area contributed by atoms with Crippen molar-refractivity contribution in [2.75, 3.05) is 13.1 Å². The maximum atomic E-state index is 12.7. The second-order valence-corrected chi connectivity index (χ2v) is 6.82. The van der Waals surface area contributed by atoms with Crippen LogP contribution >= 0.6 is 0 Å². The highest BCUT2D eigenvalue weighted by molar-refractivity contribution is 5.99. The van der Waals surface area contributed by atoms with Gasteiger partial charge in [-0.15, -0.1) is 0 Å². The number of carbonyl (C=O) groups excluding carboxylic acids is 2. The lowest BCUT2D eigenvalue weighted by Crippen LogP contribution is -2.48. The Hall–Kier alpha value is -3.49. The van der Waals surface area contributed by atoms with Crippen molar-refractivity contribution in [3.63, 3.8) is 0 Å². The molecule has 3 aromatic heterocycles. The Labute approximate surface area is 161 Å². The van der Waals surface area contributed by atoms with E-state index in [1.54, 1.807) is 9.42 Å². The zero-order valence-corrected chi connectivity index (χ0v) is 15.7. The van der Waals surface area contributed by atoms with Crippen molar-refractivity contribution in [3.05, 3.63) is 59.7 Å². The number of nitrogens with one attached hydrogen (secondary N) is 1. The molecule has 0 aromatic carbocycles. The highest BCUT2D eigenvalue weighted by Crippen LogP contribution is 2.29. The third-order valence-corrected chi connectivity index (χ3v) is 4.85. The van der Waals surface area contributed by atoms with E-state index in [-0.39, 0.29) is 24.3 Å². The van der Waals surface area contributed by atoms with Crippen LogP contribution in [-0.4, -0.2) is 49.4 Å². The molecule has 0 saturated carbocycles. The molecule has 9 heteroatoms. The molecule has 144 valence electrons. The predicted molar refractivity (Wildman–Crippen MR) is 99.7 cm³/mol. The van der Waals surface area contributed by atoms with E-state index in [0.717, 1.165) is 11.4 Å². The number of nitrogens with zero attached hydrogens (tertiary/aromatic N) is 5. The van der Waals surface area contributed by atoms with E-state index >= 15 is 0 Å². The summed E-state index contributed by atoms with van der Waals surface area (Å²) >= 11 is 0. The van der Waals surface area contributed by atoms with Crippen LogP contribution in [0.5, 0.6) is 0 Å². The first-order valence-electron chi connectivity index (χ1n) is 8.91.